The number of amides is 1. The van der Waals surface area contributed by atoms with E-state index in [1.807, 2.05) is 37.3 Å². The van der Waals surface area contributed by atoms with Gasteiger partial charge in [0.1, 0.15) is 18.1 Å². The highest BCUT2D eigenvalue weighted by molar-refractivity contribution is 5.94. The maximum Gasteiger partial charge on any atom is 0.251 e. The molecule has 0 aliphatic carbocycles. The molecule has 3 rings (SSSR count). The fourth-order valence-electron chi connectivity index (χ4n) is 3.05. The Hall–Kier alpha value is -3.05. The molecule has 0 aliphatic rings. The van der Waals surface area contributed by atoms with Crippen LogP contribution in [-0.2, 0) is 11.3 Å². The minimum atomic E-state index is -0.154. The fourth-order valence-corrected chi connectivity index (χ4v) is 3.05. The van der Waals surface area contributed by atoms with Crippen molar-refractivity contribution in [2.75, 3.05) is 20.8 Å². The highest BCUT2D eigenvalue weighted by atomic mass is 16.5. The molecule has 0 aromatic heterocycles. The molecule has 0 heterocycles. The summed E-state index contributed by atoms with van der Waals surface area (Å²) in [5.41, 5.74) is 1.36. The summed E-state index contributed by atoms with van der Waals surface area (Å²) in [6.45, 7) is 2.66. The molecule has 1 atom stereocenters. The van der Waals surface area contributed by atoms with E-state index >= 15 is 0 Å². The topological polar surface area (TPSA) is 56.8 Å². The zero-order chi connectivity index (χ0) is 19.9. The summed E-state index contributed by atoms with van der Waals surface area (Å²) >= 11 is 0. The Kier molecular flexibility index (Phi) is 6.50. The molecule has 0 fully saturated rings. The molecule has 0 spiro atoms. The van der Waals surface area contributed by atoms with E-state index in [0.717, 1.165) is 22.1 Å². The second kappa shape index (κ2) is 9.24. The van der Waals surface area contributed by atoms with Crippen LogP contribution in [-0.4, -0.2) is 32.8 Å². The van der Waals surface area contributed by atoms with Gasteiger partial charge in [-0.05, 0) is 48.0 Å². The first-order valence-corrected chi connectivity index (χ1v) is 9.19. The third-order valence-corrected chi connectivity index (χ3v) is 4.45. The number of methoxy groups -OCH3 is 2. The van der Waals surface area contributed by atoms with E-state index < -0.39 is 0 Å². The number of hydrogen-bond acceptors (Lipinski definition) is 4. The van der Waals surface area contributed by atoms with Gasteiger partial charge in [0.05, 0.1) is 13.7 Å². The van der Waals surface area contributed by atoms with Crippen LogP contribution in [0.3, 0.4) is 0 Å². The van der Waals surface area contributed by atoms with Gasteiger partial charge in [0.15, 0.2) is 0 Å². The zero-order valence-corrected chi connectivity index (χ0v) is 16.4. The average Bonchev–Trinajstić information content (AvgIpc) is 2.72. The molecule has 5 heteroatoms. The Morgan fingerprint density at radius 1 is 1.00 bits per heavy atom. The van der Waals surface area contributed by atoms with E-state index in [2.05, 4.69) is 17.4 Å². The molecule has 3 aromatic rings. The Bertz CT molecular complexity index is 954. The van der Waals surface area contributed by atoms with Crippen molar-refractivity contribution < 1.29 is 19.0 Å². The normalized spacial score (nSPS) is 11.8. The van der Waals surface area contributed by atoms with Gasteiger partial charge in [-0.3, -0.25) is 4.79 Å². The lowest BCUT2D eigenvalue weighted by Crippen LogP contribution is -2.35. The standard InChI is InChI=1S/C23H25NO4/c1-16(14-26-2)24-23(25)19-9-11-22(27-3)20(12-19)15-28-21-10-8-17-6-4-5-7-18(17)13-21/h4-13,16H,14-15H2,1-3H3,(H,24,25)/t16-/m1/s1. The third-order valence-electron chi connectivity index (χ3n) is 4.45. The first kappa shape index (κ1) is 19.7. The number of nitrogens with one attached hydrogen (secondary N) is 1. The lowest BCUT2D eigenvalue weighted by atomic mass is 10.1. The highest BCUT2D eigenvalue weighted by Gasteiger charge is 2.13. The summed E-state index contributed by atoms with van der Waals surface area (Å²) in [6, 6.07) is 19.4. The predicted molar refractivity (Wildman–Crippen MR) is 110 cm³/mol. The van der Waals surface area contributed by atoms with Crippen LogP contribution in [0, 0.1) is 0 Å². The molecule has 28 heavy (non-hydrogen) atoms. The number of ether oxygens (including phenoxy) is 3. The highest BCUT2D eigenvalue weighted by Crippen LogP contribution is 2.25. The fraction of sp³-hybridized carbons (Fsp3) is 0.261. The first-order valence-electron chi connectivity index (χ1n) is 9.19. The third kappa shape index (κ3) is 4.81. The number of hydrogen-bond donors (Lipinski definition) is 1. The second-order valence-electron chi connectivity index (χ2n) is 6.65. The van der Waals surface area contributed by atoms with Gasteiger partial charge in [0, 0.05) is 24.3 Å². The number of fused-ring (bicyclic) bond motifs is 1. The SMILES string of the molecule is COC[C@@H](C)NC(=O)c1ccc(OC)c(COc2ccc3ccccc3c2)c1. The molecule has 0 saturated heterocycles. The van der Waals surface area contributed by atoms with Crippen LogP contribution in [0.2, 0.25) is 0 Å². The van der Waals surface area contributed by atoms with Crippen molar-refractivity contribution in [1.29, 1.82) is 0 Å². The maximum atomic E-state index is 12.5. The monoisotopic (exact) mass is 379 g/mol. The number of carbonyl (C=O) groups excluding carboxylic acids is 1. The number of benzene rings is 3. The summed E-state index contributed by atoms with van der Waals surface area (Å²) in [6.07, 6.45) is 0. The summed E-state index contributed by atoms with van der Waals surface area (Å²) in [7, 11) is 3.22. The van der Waals surface area contributed by atoms with Crippen LogP contribution >= 0.6 is 0 Å². The van der Waals surface area contributed by atoms with Gasteiger partial charge in [-0.25, -0.2) is 0 Å². The molecule has 0 bridgehead atoms. The van der Waals surface area contributed by atoms with Gasteiger partial charge in [-0.15, -0.1) is 0 Å². The summed E-state index contributed by atoms with van der Waals surface area (Å²) in [5, 5.41) is 5.19. The summed E-state index contributed by atoms with van der Waals surface area (Å²) in [4.78, 5) is 12.5. The summed E-state index contributed by atoms with van der Waals surface area (Å²) in [5.74, 6) is 1.30. The lowest BCUT2D eigenvalue weighted by molar-refractivity contribution is 0.0905. The summed E-state index contributed by atoms with van der Waals surface area (Å²) < 4.78 is 16.5. The molecule has 0 radical (unpaired) electrons. The van der Waals surface area contributed by atoms with E-state index in [4.69, 9.17) is 14.2 Å². The Morgan fingerprint density at radius 3 is 2.54 bits per heavy atom. The quantitative estimate of drug-likeness (QED) is 0.638. The molecule has 1 N–H and O–H groups in total. The minimum absolute atomic E-state index is 0.0723. The average molecular weight is 379 g/mol. The number of carbonyl (C=O) groups is 1. The molecule has 0 aliphatic heterocycles. The van der Waals surface area contributed by atoms with Crippen molar-refractivity contribution in [3.63, 3.8) is 0 Å². The van der Waals surface area contributed by atoms with Crippen molar-refractivity contribution in [3.8, 4) is 11.5 Å². The van der Waals surface area contributed by atoms with E-state index in [-0.39, 0.29) is 11.9 Å². The molecule has 0 saturated carbocycles. The van der Waals surface area contributed by atoms with Crippen LogP contribution in [0.4, 0.5) is 0 Å². The van der Waals surface area contributed by atoms with Gasteiger partial charge in [0.2, 0.25) is 0 Å². The molecule has 146 valence electrons. The maximum absolute atomic E-state index is 12.5. The van der Waals surface area contributed by atoms with E-state index in [0.29, 0.717) is 24.5 Å². The van der Waals surface area contributed by atoms with Crippen molar-refractivity contribution >= 4 is 16.7 Å². The number of rotatable bonds is 8. The van der Waals surface area contributed by atoms with Gasteiger partial charge in [0.25, 0.3) is 5.91 Å². The molecular weight excluding hydrogens is 354 g/mol. The molecular formula is C23H25NO4. The van der Waals surface area contributed by atoms with Crippen LogP contribution in [0.1, 0.15) is 22.8 Å². The molecule has 5 nitrogen and oxygen atoms in total. The largest absolute Gasteiger partial charge is 0.496 e. The minimum Gasteiger partial charge on any atom is -0.496 e. The zero-order valence-electron chi connectivity index (χ0n) is 16.4. The van der Waals surface area contributed by atoms with E-state index in [1.165, 1.54) is 0 Å². The van der Waals surface area contributed by atoms with Crippen LogP contribution < -0.4 is 14.8 Å². The van der Waals surface area contributed by atoms with Gasteiger partial charge >= 0.3 is 0 Å². The molecule has 0 unspecified atom stereocenters. The van der Waals surface area contributed by atoms with E-state index in [9.17, 15) is 4.79 Å². The van der Waals surface area contributed by atoms with Crippen molar-refractivity contribution in [2.45, 2.75) is 19.6 Å². The van der Waals surface area contributed by atoms with Gasteiger partial charge < -0.3 is 19.5 Å². The van der Waals surface area contributed by atoms with Crippen LogP contribution in [0.5, 0.6) is 11.5 Å². The van der Waals surface area contributed by atoms with Crippen LogP contribution in [0.25, 0.3) is 10.8 Å². The lowest BCUT2D eigenvalue weighted by Gasteiger charge is -2.15. The Labute approximate surface area is 165 Å². The smallest absolute Gasteiger partial charge is 0.251 e. The Balaban J connectivity index is 1.75. The van der Waals surface area contributed by atoms with Gasteiger partial charge in [-0.1, -0.05) is 30.3 Å². The predicted octanol–water partition coefficient (Wildman–Crippen LogP) is 4.19. The second-order valence-corrected chi connectivity index (χ2v) is 6.65. The van der Waals surface area contributed by atoms with Crippen molar-refractivity contribution in [2.24, 2.45) is 0 Å². The van der Waals surface area contributed by atoms with Crippen LogP contribution in [0.15, 0.2) is 60.7 Å². The molecule has 1 amide bonds. The first-order chi connectivity index (χ1) is 13.6. The molecule has 3 aromatic carbocycles. The van der Waals surface area contributed by atoms with E-state index in [1.54, 1.807) is 32.4 Å². The Morgan fingerprint density at radius 2 is 1.79 bits per heavy atom. The van der Waals surface area contributed by atoms with Gasteiger partial charge in [-0.2, -0.15) is 0 Å². The van der Waals surface area contributed by atoms with Crippen molar-refractivity contribution in [1.82, 2.24) is 5.32 Å². The van der Waals surface area contributed by atoms with Crippen molar-refractivity contribution in [3.05, 3.63) is 71.8 Å².